The number of nitrogens with zero attached hydrogens (tertiary/aromatic N) is 1. The van der Waals surface area contributed by atoms with Crippen LogP contribution in [-0.2, 0) is 14.4 Å². The molecule has 3 fully saturated rings. The van der Waals surface area contributed by atoms with Gasteiger partial charge in [-0.3, -0.25) is 14.4 Å². The van der Waals surface area contributed by atoms with E-state index >= 15 is 0 Å². The number of carbonyl (C=O) groups excluding carboxylic acids is 3. The first-order chi connectivity index (χ1) is 14.1. The molecule has 2 bridgehead atoms. The standard InChI is InChI=1S/C24H26N2O3/c27-20(25-18-6-2-1-3-7-18)12-9-15-5-4-8-19(13-15)26-23(28)21-16-10-11-17(14-16)22(21)24(26)29/h4-5,8-13,16-18,21-22H,1-3,6-7,14H2,(H,25,27)/b12-9-/t16-,17+,21-,22-/m0/s1. The molecular weight excluding hydrogens is 364 g/mol. The summed E-state index contributed by atoms with van der Waals surface area (Å²) in [5.74, 6) is -0.221. The molecule has 4 atom stereocenters. The van der Waals surface area contributed by atoms with E-state index in [0.29, 0.717) is 5.69 Å². The number of amides is 3. The molecule has 0 unspecified atom stereocenters. The summed E-state index contributed by atoms with van der Waals surface area (Å²) < 4.78 is 0. The lowest BCUT2D eigenvalue weighted by Gasteiger charge is -2.21. The van der Waals surface area contributed by atoms with Crippen LogP contribution in [0.15, 0.2) is 42.5 Å². The van der Waals surface area contributed by atoms with E-state index in [1.165, 1.54) is 24.2 Å². The second-order valence-corrected chi connectivity index (χ2v) is 8.78. The number of rotatable bonds is 4. The Kier molecular flexibility index (Phi) is 4.61. The number of nitrogens with one attached hydrogen (secondary N) is 1. The Bertz CT molecular complexity index is 882. The molecule has 1 aromatic carbocycles. The van der Waals surface area contributed by atoms with E-state index in [9.17, 15) is 14.4 Å². The van der Waals surface area contributed by atoms with Gasteiger partial charge >= 0.3 is 0 Å². The minimum Gasteiger partial charge on any atom is -0.350 e. The van der Waals surface area contributed by atoms with Gasteiger partial charge in [0, 0.05) is 12.1 Å². The Morgan fingerprint density at radius 2 is 1.69 bits per heavy atom. The van der Waals surface area contributed by atoms with Gasteiger partial charge in [-0.1, -0.05) is 43.5 Å². The number of hydrogen-bond donors (Lipinski definition) is 1. The molecule has 1 aromatic rings. The zero-order valence-electron chi connectivity index (χ0n) is 16.4. The molecule has 5 heteroatoms. The molecule has 1 N–H and O–H groups in total. The maximum absolute atomic E-state index is 13.0. The zero-order chi connectivity index (χ0) is 20.0. The van der Waals surface area contributed by atoms with E-state index in [4.69, 9.17) is 0 Å². The first kappa shape index (κ1) is 18.3. The number of fused-ring (bicyclic) bond motifs is 5. The van der Waals surface area contributed by atoms with Gasteiger partial charge in [-0.2, -0.15) is 0 Å². The maximum atomic E-state index is 13.0. The first-order valence-corrected chi connectivity index (χ1v) is 10.8. The molecule has 1 saturated heterocycles. The number of anilines is 1. The van der Waals surface area contributed by atoms with Gasteiger partial charge in [-0.05, 0) is 54.9 Å². The second-order valence-electron chi connectivity index (χ2n) is 8.78. The number of benzene rings is 1. The van der Waals surface area contributed by atoms with E-state index in [2.05, 4.69) is 17.5 Å². The Morgan fingerprint density at radius 3 is 2.38 bits per heavy atom. The van der Waals surface area contributed by atoms with Gasteiger partial charge < -0.3 is 5.32 Å². The van der Waals surface area contributed by atoms with Gasteiger partial charge in [0.15, 0.2) is 0 Å². The summed E-state index contributed by atoms with van der Waals surface area (Å²) in [5, 5.41) is 3.07. The van der Waals surface area contributed by atoms with Crippen molar-refractivity contribution in [2.75, 3.05) is 4.90 Å². The molecule has 3 amide bonds. The largest absolute Gasteiger partial charge is 0.350 e. The Labute approximate surface area is 170 Å². The highest BCUT2D eigenvalue weighted by molar-refractivity contribution is 6.22. The highest BCUT2D eigenvalue weighted by Gasteiger charge is 2.59. The number of hydrogen-bond acceptors (Lipinski definition) is 3. The minimum absolute atomic E-state index is 0.0759. The number of allylic oxidation sites excluding steroid dienone is 2. The summed E-state index contributed by atoms with van der Waals surface area (Å²) in [6, 6.07) is 7.60. The van der Waals surface area contributed by atoms with E-state index in [-0.39, 0.29) is 47.4 Å². The summed E-state index contributed by atoms with van der Waals surface area (Å²) >= 11 is 0. The van der Waals surface area contributed by atoms with Gasteiger partial charge in [-0.15, -0.1) is 0 Å². The van der Waals surface area contributed by atoms with Crippen LogP contribution in [0.4, 0.5) is 5.69 Å². The Morgan fingerprint density at radius 1 is 1.00 bits per heavy atom. The molecule has 5 rings (SSSR count). The molecular formula is C24H26N2O3. The molecule has 29 heavy (non-hydrogen) atoms. The average molecular weight is 390 g/mol. The van der Waals surface area contributed by atoms with Gasteiger partial charge in [-0.25, -0.2) is 4.90 Å². The fourth-order valence-corrected chi connectivity index (χ4v) is 5.59. The van der Waals surface area contributed by atoms with Crippen LogP contribution >= 0.6 is 0 Å². The predicted molar refractivity (Wildman–Crippen MR) is 111 cm³/mol. The fourth-order valence-electron chi connectivity index (χ4n) is 5.59. The monoisotopic (exact) mass is 390 g/mol. The van der Waals surface area contributed by atoms with Crippen molar-refractivity contribution in [1.29, 1.82) is 0 Å². The third-order valence-electron chi connectivity index (χ3n) is 6.98. The van der Waals surface area contributed by atoms with E-state index < -0.39 is 0 Å². The second kappa shape index (κ2) is 7.29. The predicted octanol–water partition coefficient (Wildman–Crippen LogP) is 3.46. The van der Waals surface area contributed by atoms with Crippen LogP contribution in [0.1, 0.15) is 44.1 Å². The van der Waals surface area contributed by atoms with Crippen LogP contribution in [0.25, 0.3) is 6.08 Å². The van der Waals surface area contributed by atoms with E-state index in [1.54, 1.807) is 18.2 Å². The van der Waals surface area contributed by atoms with E-state index in [0.717, 1.165) is 24.8 Å². The Balaban J connectivity index is 1.29. The van der Waals surface area contributed by atoms with Crippen LogP contribution in [-0.4, -0.2) is 23.8 Å². The first-order valence-electron chi connectivity index (χ1n) is 10.8. The molecule has 0 radical (unpaired) electrons. The molecule has 0 aromatic heterocycles. The lowest BCUT2D eigenvalue weighted by molar-refractivity contribution is -0.123. The zero-order valence-corrected chi connectivity index (χ0v) is 16.4. The van der Waals surface area contributed by atoms with Crippen molar-refractivity contribution in [1.82, 2.24) is 5.32 Å². The van der Waals surface area contributed by atoms with Crippen molar-refractivity contribution in [3.63, 3.8) is 0 Å². The normalized spacial score (nSPS) is 31.1. The van der Waals surface area contributed by atoms with Crippen LogP contribution in [0.3, 0.4) is 0 Å². The van der Waals surface area contributed by atoms with Crippen molar-refractivity contribution in [2.45, 2.75) is 44.6 Å². The molecule has 1 aliphatic heterocycles. The van der Waals surface area contributed by atoms with E-state index in [1.807, 2.05) is 18.2 Å². The molecule has 0 spiro atoms. The molecule has 4 aliphatic rings. The van der Waals surface area contributed by atoms with Crippen molar-refractivity contribution in [3.05, 3.63) is 48.1 Å². The third kappa shape index (κ3) is 3.22. The maximum Gasteiger partial charge on any atom is 0.244 e. The van der Waals surface area contributed by atoms with Crippen molar-refractivity contribution >= 4 is 29.5 Å². The van der Waals surface area contributed by atoms with Crippen LogP contribution in [0.5, 0.6) is 0 Å². The molecule has 2 saturated carbocycles. The highest BCUT2D eigenvalue weighted by atomic mass is 16.2. The number of imide groups is 1. The summed E-state index contributed by atoms with van der Waals surface area (Å²) in [6.45, 7) is 0. The van der Waals surface area contributed by atoms with Crippen molar-refractivity contribution < 1.29 is 14.4 Å². The summed E-state index contributed by atoms with van der Waals surface area (Å²) in [6.07, 6.45) is 14.1. The van der Waals surface area contributed by atoms with Crippen molar-refractivity contribution in [2.24, 2.45) is 23.7 Å². The van der Waals surface area contributed by atoms with Gasteiger partial charge in [0.25, 0.3) is 0 Å². The summed E-state index contributed by atoms with van der Waals surface area (Å²) in [5.41, 5.74) is 1.41. The van der Waals surface area contributed by atoms with Gasteiger partial charge in [0.05, 0.1) is 17.5 Å². The van der Waals surface area contributed by atoms with Gasteiger partial charge in [0.1, 0.15) is 0 Å². The molecule has 5 nitrogen and oxygen atoms in total. The summed E-state index contributed by atoms with van der Waals surface area (Å²) in [4.78, 5) is 39.5. The lowest BCUT2D eigenvalue weighted by Crippen LogP contribution is -2.34. The topological polar surface area (TPSA) is 66.5 Å². The smallest absolute Gasteiger partial charge is 0.244 e. The lowest BCUT2D eigenvalue weighted by atomic mass is 9.85. The van der Waals surface area contributed by atoms with Gasteiger partial charge in [0.2, 0.25) is 17.7 Å². The third-order valence-corrected chi connectivity index (χ3v) is 6.98. The van der Waals surface area contributed by atoms with Crippen LogP contribution in [0, 0.1) is 23.7 Å². The minimum atomic E-state index is -0.196. The van der Waals surface area contributed by atoms with Crippen molar-refractivity contribution in [3.8, 4) is 0 Å². The summed E-state index contributed by atoms with van der Waals surface area (Å²) in [7, 11) is 0. The average Bonchev–Trinajstić information content (AvgIpc) is 3.41. The molecule has 1 heterocycles. The van der Waals surface area contributed by atoms with Crippen LogP contribution < -0.4 is 10.2 Å². The molecule has 150 valence electrons. The number of carbonyl (C=O) groups is 3. The Hall–Kier alpha value is -2.69. The highest BCUT2D eigenvalue weighted by Crippen LogP contribution is 2.53. The fraction of sp³-hybridized carbons (Fsp3) is 0.458. The van der Waals surface area contributed by atoms with Crippen LogP contribution in [0.2, 0.25) is 0 Å². The SMILES string of the molecule is O=C(/C=C\c1cccc(N2C(=O)[C@@H]3[C@@H](C2=O)[C@H]2C=C[C@@H]3C2)c1)NC1CCCCC1. The quantitative estimate of drug-likeness (QED) is 0.486. The molecule has 3 aliphatic carbocycles.